The van der Waals surface area contributed by atoms with Crippen LogP contribution >= 0.6 is 0 Å². The van der Waals surface area contributed by atoms with Crippen LogP contribution in [0.2, 0.25) is 0 Å². The maximum absolute atomic E-state index is 12.1. The first-order valence-electron chi connectivity index (χ1n) is 7.53. The van der Waals surface area contributed by atoms with Crippen LogP contribution in [0, 0.1) is 12.3 Å². The number of rotatable bonds is 7. The fourth-order valence-corrected chi connectivity index (χ4v) is 2.30. The molecule has 2 amide bonds. The lowest BCUT2D eigenvalue weighted by Crippen LogP contribution is -2.21. The standard InChI is InChI=1S/C17H23N3O3S/c1-5-6-7-8-9-16(21)18-15-12-10-14(11-13-15)17(22)19-24(4,23)20(2)3/h1,10-13H,6-9H2,2-4H3,(H,18,21). The van der Waals surface area contributed by atoms with Gasteiger partial charge >= 0.3 is 0 Å². The zero-order valence-electron chi connectivity index (χ0n) is 14.2. The highest BCUT2D eigenvalue weighted by molar-refractivity contribution is 7.90. The predicted molar refractivity (Wildman–Crippen MR) is 96.9 cm³/mol. The molecule has 0 aromatic heterocycles. The molecule has 0 aliphatic rings. The van der Waals surface area contributed by atoms with Crippen molar-refractivity contribution < 1.29 is 13.8 Å². The number of anilines is 1. The van der Waals surface area contributed by atoms with E-state index in [0.29, 0.717) is 24.1 Å². The first-order chi connectivity index (χ1) is 11.3. The van der Waals surface area contributed by atoms with Crippen LogP contribution in [-0.2, 0) is 14.7 Å². The van der Waals surface area contributed by atoms with Gasteiger partial charge in [-0.2, -0.15) is 0 Å². The van der Waals surface area contributed by atoms with Gasteiger partial charge in [0.15, 0.2) is 0 Å². The molecule has 1 unspecified atom stereocenters. The molecular formula is C17H23N3O3S. The highest BCUT2D eigenvalue weighted by Crippen LogP contribution is 2.12. The highest BCUT2D eigenvalue weighted by atomic mass is 32.2. The van der Waals surface area contributed by atoms with Crippen molar-refractivity contribution in [2.45, 2.75) is 25.7 Å². The van der Waals surface area contributed by atoms with Gasteiger partial charge in [0.2, 0.25) is 5.91 Å². The quantitative estimate of drug-likeness (QED) is 0.607. The molecule has 130 valence electrons. The topological polar surface area (TPSA) is 78.8 Å². The fourth-order valence-electron chi connectivity index (χ4n) is 1.72. The predicted octanol–water partition coefficient (Wildman–Crippen LogP) is 2.53. The molecule has 0 fully saturated rings. The van der Waals surface area contributed by atoms with Crippen LogP contribution in [0.3, 0.4) is 0 Å². The average Bonchev–Trinajstić information content (AvgIpc) is 2.51. The van der Waals surface area contributed by atoms with Gasteiger partial charge in [-0.3, -0.25) is 9.59 Å². The Bertz CT molecular complexity index is 739. The minimum Gasteiger partial charge on any atom is -0.326 e. The molecule has 1 atom stereocenters. The lowest BCUT2D eigenvalue weighted by molar-refractivity contribution is -0.116. The molecule has 6 nitrogen and oxygen atoms in total. The van der Waals surface area contributed by atoms with Gasteiger partial charge in [0.1, 0.15) is 9.92 Å². The molecule has 24 heavy (non-hydrogen) atoms. The van der Waals surface area contributed by atoms with Crippen LogP contribution in [0.25, 0.3) is 0 Å². The second-order valence-corrected chi connectivity index (χ2v) is 7.95. The van der Waals surface area contributed by atoms with Crippen LogP contribution in [0.15, 0.2) is 28.6 Å². The normalized spacial score (nSPS) is 13.0. The van der Waals surface area contributed by atoms with E-state index >= 15 is 0 Å². The first kappa shape index (κ1) is 19.9. The molecule has 0 saturated carbocycles. The molecule has 0 heterocycles. The summed E-state index contributed by atoms with van der Waals surface area (Å²) >= 11 is 0. The van der Waals surface area contributed by atoms with Crippen molar-refractivity contribution in [3.05, 3.63) is 29.8 Å². The van der Waals surface area contributed by atoms with Crippen LogP contribution in [0.1, 0.15) is 36.0 Å². The minimum absolute atomic E-state index is 0.0972. The summed E-state index contributed by atoms with van der Waals surface area (Å²) in [5.74, 6) is 1.89. The van der Waals surface area contributed by atoms with E-state index in [-0.39, 0.29) is 5.91 Å². The van der Waals surface area contributed by atoms with Crippen molar-refractivity contribution in [3.63, 3.8) is 0 Å². The maximum Gasteiger partial charge on any atom is 0.286 e. The van der Waals surface area contributed by atoms with Crippen LogP contribution in [-0.4, -0.2) is 40.7 Å². The lowest BCUT2D eigenvalue weighted by Gasteiger charge is -2.11. The third kappa shape index (κ3) is 6.52. The number of carbonyl (C=O) groups is 2. The number of amides is 2. The van der Waals surface area contributed by atoms with Gasteiger partial charge in [-0.05, 0) is 37.1 Å². The van der Waals surface area contributed by atoms with Crippen molar-refractivity contribution in [2.75, 3.05) is 25.7 Å². The molecule has 1 rings (SSSR count). The smallest absolute Gasteiger partial charge is 0.286 e. The zero-order chi connectivity index (χ0) is 18.2. The Morgan fingerprint density at radius 3 is 2.42 bits per heavy atom. The number of benzene rings is 1. The largest absolute Gasteiger partial charge is 0.326 e. The van der Waals surface area contributed by atoms with Crippen LogP contribution in [0.5, 0.6) is 0 Å². The van der Waals surface area contributed by atoms with E-state index in [2.05, 4.69) is 15.6 Å². The third-order valence-corrected chi connectivity index (χ3v) is 5.18. The SMILES string of the molecule is C#CCCCCC(=O)Nc1ccc(C(=O)N=S(C)(=O)N(C)C)cc1. The first-order valence-corrected chi connectivity index (χ1v) is 9.41. The number of unbranched alkanes of at least 4 members (excludes halogenated alkanes) is 2. The highest BCUT2D eigenvalue weighted by Gasteiger charge is 2.11. The van der Waals surface area contributed by atoms with Crippen molar-refractivity contribution >= 4 is 27.4 Å². The molecular weight excluding hydrogens is 326 g/mol. The molecule has 0 radical (unpaired) electrons. The van der Waals surface area contributed by atoms with E-state index in [1.807, 2.05) is 0 Å². The van der Waals surface area contributed by atoms with Crippen molar-refractivity contribution in [1.82, 2.24) is 4.31 Å². The second-order valence-electron chi connectivity index (χ2n) is 5.51. The Kier molecular flexibility index (Phi) is 7.62. The average molecular weight is 349 g/mol. The van der Waals surface area contributed by atoms with Gasteiger partial charge in [0, 0.05) is 44.4 Å². The van der Waals surface area contributed by atoms with Crippen LogP contribution in [0.4, 0.5) is 5.69 Å². The lowest BCUT2D eigenvalue weighted by atomic mass is 10.1. The summed E-state index contributed by atoms with van der Waals surface area (Å²) < 4.78 is 17.2. The van der Waals surface area contributed by atoms with Gasteiger partial charge in [0.05, 0.1) is 0 Å². The van der Waals surface area contributed by atoms with Gasteiger partial charge in [-0.25, -0.2) is 8.51 Å². The number of terminal acetylenes is 1. The molecule has 1 N–H and O–H groups in total. The summed E-state index contributed by atoms with van der Waals surface area (Å²) in [7, 11) is 0.482. The monoisotopic (exact) mass is 349 g/mol. The van der Waals surface area contributed by atoms with Crippen molar-refractivity contribution in [1.29, 1.82) is 0 Å². The molecule has 1 aromatic carbocycles. The summed E-state index contributed by atoms with van der Waals surface area (Å²) in [5.41, 5.74) is 0.914. The van der Waals surface area contributed by atoms with Crippen molar-refractivity contribution in [3.8, 4) is 12.3 Å². The molecule has 0 spiro atoms. The number of carbonyl (C=O) groups excluding carboxylic acids is 2. The Hall–Kier alpha value is -2.17. The number of nitrogens with zero attached hydrogens (tertiary/aromatic N) is 2. The number of hydrogen-bond acceptors (Lipinski definition) is 3. The van der Waals surface area contributed by atoms with E-state index in [1.165, 1.54) is 10.6 Å². The Morgan fingerprint density at radius 1 is 1.25 bits per heavy atom. The van der Waals surface area contributed by atoms with E-state index in [9.17, 15) is 13.8 Å². The van der Waals surface area contributed by atoms with E-state index in [1.54, 1.807) is 38.4 Å². The zero-order valence-corrected chi connectivity index (χ0v) is 15.1. The van der Waals surface area contributed by atoms with Gasteiger partial charge < -0.3 is 5.32 Å². The van der Waals surface area contributed by atoms with Crippen LogP contribution < -0.4 is 5.32 Å². The maximum atomic E-state index is 12.1. The molecule has 0 aliphatic carbocycles. The molecule has 0 bridgehead atoms. The Labute approximate surface area is 143 Å². The van der Waals surface area contributed by atoms with E-state index in [0.717, 1.165) is 12.8 Å². The molecule has 0 aliphatic heterocycles. The Morgan fingerprint density at radius 2 is 1.88 bits per heavy atom. The van der Waals surface area contributed by atoms with Crippen molar-refractivity contribution in [2.24, 2.45) is 4.36 Å². The van der Waals surface area contributed by atoms with E-state index in [4.69, 9.17) is 6.42 Å². The molecule has 7 heteroatoms. The summed E-state index contributed by atoms with van der Waals surface area (Å²) in [4.78, 5) is 23.8. The van der Waals surface area contributed by atoms with Gasteiger partial charge in [-0.1, -0.05) is 0 Å². The molecule has 0 saturated heterocycles. The Balaban J connectivity index is 2.67. The second kappa shape index (κ2) is 9.21. The molecule has 1 aromatic rings. The summed E-state index contributed by atoms with van der Waals surface area (Å²) in [6.45, 7) is 0. The van der Waals surface area contributed by atoms with Gasteiger partial charge in [0.25, 0.3) is 5.91 Å². The minimum atomic E-state index is -2.71. The summed E-state index contributed by atoms with van der Waals surface area (Å²) in [6, 6.07) is 6.33. The fraction of sp³-hybridized carbons (Fsp3) is 0.412. The summed E-state index contributed by atoms with van der Waals surface area (Å²) in [6.07, 6.45) is 9.18. The third-order valence-electron chi connectivity index (χ3n) is 3.32. The number of hydrogen-bond donors (Lipinski definition) is 1. The summed E-state index contributed by atoms with van der Waals surface area (Å²) in [5, 5.41) is 2.75. The number of nitrogens with one attached hydrogen (secondary N) is 1. The van der Waals surface area contributed by atoms with E-state index < -0.39 is 15.8 Å². The van der Waals surface area contributed by atoms with Gasteiger partial charge in [-0.15, -0.1) is 16.7 Å².